The number of carboxylic acids is 1. The molecule has 0 bridgehead atoms. The molecule has 0 spiro atoms. The summed E-state index contributed by atoms with van der Waals surface area (Å²) in [5.41, 5.74) is 0.782. The third-order valence-electron chi connectivity index (χ3n) is 6.69. The fraction of sp³-hybridized carbons (Fsp3) is 0.462. The second-order valence-electron chi connectivity index (χ2n) is 9.19. The van der Waals surface area contributed by atoms with Crippen LogP contribution >= 0.6 is 0 Å². The zero-order valence-electron chi connectivity index (χ0n) is 21.2. The van der Waals surface area contributed by atoms with Crippen LogP contribution in [0.1, 0.15) is 47.0 Å². The second-order valence-corrected chi connectivity index (χ2v) is 9.19. The van der Waals surface area contributed by atoms with Gasteiger partial charge in [0.25, 0.3) is 11.8 Å². The number of carbonyl (C=O) groups is 5. The van der Waals surface area contributed by atoms with Gasteiger partial charge in [-0.3, -0.25) is 19.2 Å². The molecule has 0 aliphatic carbocycles. The quantitative estimate of drug-likeness (QED) is 0.524. The second kappa shape index (κ2) is 11.9. The van der Waals surface area contributed by atoms with E-state index in [0.717, 1.165) is 6.42 Å². The number of aliphatic carboxylic acids is 1. The van der Waals surface area contributed by atoms with Gasteiger partial charge in [-0.15, -0.1) is 0 Å². The number of fused-ring (bicyclic) bond motifs is 1. The van der Waals surface area contributed by atoms with E-state index >= 15 is 0 Å². The summed E-state index contributed by atoms with van der Waals surface area (Å²) in [5.74, 6) is -2.42. The lowest BCUT2D eigenvalue weighted by atomic mass is 10.0. The minimum Gasteiger partial charge on any atom is -0.481 e. The lowest BCUT2D eigenvalue weighted by molar-refractivity contribution is -0.138. The fourth-order valence-corrected chi connectivity index (χ4v) is 4.46. The topological polar surface area (TPSA) is 149 Å². The summed E-state index contributed by atoms with van der Waals surface area (Å²) >= 11 is 0. The molecular weight excluding hydrogens is 494 g/mol. The summed E-state index contributed by atoms with van der Waals surface area (Å²) in [6, 6.07) is 7.33. The zero-order valence-corrected chi connectivity index (χ0v) is 21.2. The molecule has 1 atom stereocenters. The summed E-state index contributed by atoms with van der Waals surface area (Å²) in [6.45, 7) is 4.21. The number of pyridine rings is 1. The number of ether oxygens (including phenoxy) is 1. The molecule has 0 saturated carbocycles. The Morgan fingerprint density at radius 3 is 2.32 bits per heavy atom. The van der Waals surface area contributed by atoms with Crippen LogP contribution in [-0.2, 0) is 14.3 Å². The first-order valence-electron chi connectivity index (χ1n) is 12.7. The highest BCUT2D eigenvalue weighted by molar-refractivity contribution is 6.09. The highest BCUT2D eigenvalue weighted by atomic mass is 16.6. The van der Waals surface area contributed by atoms with E-state index in [4.69, 9.17) is 4.74 Å². The Labute approximate surface area is 219 Å². The number of para-hydroxylation sites is 1. The van der Waals surface area contributed by atoms with Crippen LogP contribution in [0.25, 0.3) is 10.9 Å². The maximum Gasteiger partial charge on any atom is 0.409 e. The maximum atomic E-state index is 13.3. The van der Waals surface area contributed by atoms with E-state index in [2.05, 4.69) is 10.3 Å². The van der Waals surface area contributed by atoms with Gasteiger partial charge < -0.3 is 29.9 Å². The van der Waals surface area contributed by atoms with Gasteiger partial charge in [-0.05, 0) is 31.9 Å². The first-order valence-corrected chi connectivity index (χ1v) is 12.7. The summed E-state index contributed by atoms with van der Waals surface area (Å²) < 4.78 is 5.00. The number of carboxylic acid groups (broad SMARTS) is 1. The summed E-state index contributed by atoms with van der Waals surface area (Å²) in [6.07, 6.45) is 0.0131. The molecule has 12 heteroatoms. The molecular formula is C26H31N5O7. The minimum absolute atomic E-state index is 0.0344. The number of carbonyl (C=O) groups excluding carboxylic acids is 4. The van der Waals surface area contributed by atoms with Crippen molar-refractivity contribution in [1.29, 1.82) is 0 Å². The van der Waals surface area contributed by atoms with Crippen molar-refractivity contribution in [3.63, 3.8) is 0 Å². The molecule has 4 amide bonds. The van der Waals surface area contributed by atoms with Gasteiger partial charge in [-0.1, -0.05) is 18.2 Å². The predicted octanol–water partition coefficient (Wildman–Crippen LogP) is 1.34. The van der Waals surface area contributed by atoms with Gasteiger partial charge in [0, 0.05) is 51.1 Å². The summed E-state index contributed by atoms with van der Waals surface area (Å²) in [7, 11) is 0. The number of aromatic nitrogens is 1. The van der Waals surface area contributed by atoms with Crippen molar-refractivity contribution >= 4 is 40.7 Å². The van der Waals surface area contributed by atoms with Gasteiger partial charge in [0.1, 0.15) is 11.7 Å². The normalized spacial score (nSPS) is 16.0. The largest absolute Gasteiger partial charge is 0.481 e. The molecule has 0 unspecified atom stereocenters. The molecule has 2 aliphatic rings. The van der Waals surface area contributed by atoms with E-state index in [1.165, 1.54) is 15.9 Å². The molecule has 1 aromatic carbocycles. The first kappa shape index (κ1) is 26.8. The van der Waals surface area contributed by atoms with E-state index in [1.807, 2.05) is 0 Å². The van der Waals surface area contributed by atoms with E-state index in [0.29, 0.717) is 29.6 Å². The van der Waals surface area contributed by atoms with Gasteiger partial charge in [0.2, 0.25) is 5.91 Å². The molecule has 2 aromatic rings. The Morgan fingerprint density at radius 2 is 1.68 bits per heavy atom. The zero-order chi connectivity index (χ0) is 27.2. The number of benzene rings is 1. The van der Waals surface area contributed by atoms with Crippen molar-refractivity contribution in [3.8, 4) is 0 Å². The van der Waals surface area contributed by atoms with E-state index < -0.39 is 29.9 Å². The molecule has 3 heterocycles. The number of hydrogen-bond donors (Lipinski definition) is 2. The smallest absolute Gasteiger partial charge is 0.409 e. The summed E-state index contributed by atoms with van der Waals surface area (Å²) in [4.78, 5) is 71.9. The number of hydrogen-bond acceptors (Lipinski definition) is 7. The van der Waals surface area contributed by atoms with Crippen molar-refractivity contribution in [1.82, 2.24) is 25.0 Å². The van der Waals surface area contributed by atoms with Gasteiger partial charge in [-0.2, -0.15) is 0 Å². The SMILES string of the molecule is CCOC(=O)N1CCN(C(=O)[C@H](CCC(=O)O)NC(=O)c2cc(C(=O)N3CCC3)c3ccccc3n2)CC1. The molecule has 2 N–H and O–H groups in total. The molecule has 2 aliphatic heterocycles. The van der Waals surface area contributed by atoms with Gasteiger partial charge in [-0.25, -0.2) is 9.78 Å². The van der Waals surface area contributed by atoms with Gasteiger partial charge >= 0.3 is 12.1 Å². The number of nitrogens with one attached hydrogen (secondary N) is 1. The van der Waals surface area contributed by atoms with Gasteiger partial charge in [0.05, 0.1) is 17.7 Å². The maximum absolute atomic E-state index is 13.3. The molecule has 12 nitrogen and oxygen atoms in total. The van der Waals surface area contributed by atoms with Crippen LogP contribution in [0.4, 0.5) is 4.79 Å². The summed E-state index contributed by atoms with van der Waals surface area (Å²) in [5, 5.41) is 12.5. The average Bonchev–Trinajstić information content (AvgIpc) is 2.89. The first-order chi connectivity index (χ1) is 18.3. The van der Waals surface area contributed by atoms with Crippen molar-refractivity contribution in [2.75, 3.05) is 45.9 Å². The van der Waals surface area contributed by atoms with Crippen LogP contribution < -0.4 is 5.32 Å². The number of amides is 4. The Hall–Kier alpha value is -4.22. The number of piperazine rings is 1. The van der Waals surface area contributed by atoms with Gasteiger partial charge in [0.15, 0.2) is 0 Å². The van der Waals surface area contributed by atoms with E-state index in [9.17, 15) is 29.1 Å². The van der Waals surface area contributed by atoms with Crippen molar-refractivity contribution in [2.24, 2.45) is 0 Å². The van der Waals surface area contributed by atoms with Crippen LogP contribution in [0.15, 0.2) is 30.3 Å². The third-order valence-corrected chi connectivity index (χ3v) is 6.69. The van der Waals surface area contributed by atoms with E-state index in [-0.39, 0.29) is 57.2 Å². The Balaban J connectivity index is 1.52. The van der Waals surface area contributed by atoms with Crippen molar-refractivity contribution in [2.45, 2.75) is 32.2 Å². The third kappa shape index (κ3) is 6.01. The Kier molecular flexibility index (Phi) is 8.39. The molecule has 38 heavy (non-hydrogen) atoms. The highest BCUT2D eigenvalue weighted by Gasteiger charge is 2.32. The Bertz CT molecular complexity index is 1240. The lowest BCUT2D eigenvalue weighted by Crippen LogP contribution is -2.56. The van der Waals surface area contributed by atoms with Crippen LogP contribution in [-0.4, -0.2) is 106 Å². The lowest BCUT2D eigenvalue weighted by Gasteiger charge is -2.36. The van der Waals surface area contributed by atoms with Crippen molar-refractivity contribution < 1.29 is 33.8 Å². The van der Waals surface area contributed by atoms with E-state index in [1.54, 1.807) is 36.1 Å². The molecule has 202 valence electrons. The molecule has 0 radical (unpaired) electrons. The number of likely N-dealkylation sites (tertiary alicyclic amines) is 1. The molecule has 2 saturated heterocycles. The molecule has 1 aromatic heterocycles. The van der Waals surface area contributed by atoms with Crippen LogP contribution in [0.5, 0.6) is 0 Å². The molecule has 4 rings (SSSR count). The number of nitrogens with zero attached hydrogens (tertiary/aromatic N) is 4. The standard InChI is InChI=1S/C26H31N5O7/c1-2-38-26(37)31-14-12-30(13-15-31)25(36)20(8-9-22(32)33)28-23(34)21-16-18(24(35)29-10-5-11-29)17-6-3-4-7-19(17)27-21/h3-4,6-7,16,20H,2,5,8-15H2,1H3,(H,28,34)(H,32,33)/t20-/m0/s1. The number of rotatable bonds is 8. The Morgan fingerprint density at radius 1 is 1.00 bits per heavy atom. The van der Waals surface area contributed by atoms with Crippen LogP contribution in [0, 0.1) is 0 Å². The fourth-order valence-electron chi connectivity index (χ4n) is 4.46. The minimum atomic E-state index is -1.12. The highest BCUT2D eigenvalue weighted by Crippen LogP contribution is 2.22. The predicted molar refractivity (Wildman–Crippen MR) is 136 cm³/mol. The van der Waals surface area contributed by atoms with Crippen LogP contribution in [0.2, 0.25) is 0 Å². The van der Waals surface area contributed by atoms with Crippen LogP contribution in [0.3, 0.4) is 0 Å². The van der Waals surface area contributed by atoms with Crippen molar-refractivity contribution in [3.05, 3.63) is 41.6 Å². The molecule has 2 fully saturated rings. The monoisotopic (exact) mass is 525 g/mol. The average molecular weight is 526 g/mol.